The second-order valence-corrected chi connectivity index (χ2v) is 6.48. The Morgan fingerprint density at radius 1 is 1.08 bits per heavy atom. The number of carbonyl (C=O) groups excluding carboxylic acids is 2. The van der Waals surface area contributed by atoms with Crippen molar-refractivity contribution in [1.82, 2.24) is 10.3 Å². The van der Waals surface area contributed by atoms with Crippen LogP contribution < -0.4 is 5.32 Å². The molecule has 0 aliphatic rings. The van der Waals surface area contributed by atoms with Crippen molar-refractivity contribution < 1.29 is 14.3 Å². The van der Waals surface area contributed by atoms with Crippen LogP contribution in [-0.4, -0.2) is 23.5 Å². The summed E-state index contributed by atoms with van der Waals surface area (Å²) in [6, 6.07) is 15.2. The SMILES string of the molecule is Cc1ccc([C@H](C)NC(=O)COC(=O)c2cc3ccccc3[nH]2)cc1C. The largest absolute Gasteiger partial charge is 0.451 e. The third-order valence-corrected chi connectivity index (χ3v) is 4.49. The van der Waals surface area contributed by atoms with E-state index in [0.29, 0.717) is 5.69 Å². The molecule has 2 N–H and O–H groups in total. The summed E-state index contributed by atoms with van der Waals surface area (Å²) in [5, 5.41) is 3.77. The lowest BCUT2D eigenvalue weighted by atomic mass is 10.0. The number of fused-ring (bicyclic) bond motifs is 1. The summed E-state index contributed by atoms with van der Waals surface area (Å²) < 4.78 is 5.12. The van der Waals surface area contributed by atoms with Gasteiger partial charge in [-0.25, -0.2) is 4.79 Å². The number of hydrogen-bond acceptors (Lipinski definition) is 3. The number of H-pyrrole nitrogens is 1. The summed E-state index contributed by atoms with van der Waals surface area (Å²) in [6.07, 6.45) is 0. The Bertz CT molecular complexity index is 926. The zero-order chi connectivity index (χ0) is 18.7. The number of aromatic nitrogens is 1. The van der Waals surface area contributed by atoms with Crippen LogP contribution in [0.2, 0.25) is 0 Å². The molecule has 134 valence electrons. The topological polar surface area (TPSA) is 71.2 Å². The summed E-state index contributed by atoms with van der Waals surface area (Å²) in [5.41, 5.74) is 4.59. The van der Waals surface area contributed by atoms with Crippen molar-refractivity contribution in [3.63, 3.8) is 0 Å². The van der Waals surface area contributed by atoms with Crippen LogP contribution >= 0.6 is 0 Å². The summed E-state index contributed by atoms with van der Waals surface area (Å²) in [4.78, 5) is 27.2. The maximum absolute atomic E-state index is 12.1. The van der Waals surface area contributed by atoms with Crippen LogP contribution in [-0.2, 0) is 9.53 Å². The first-order valence-corrected chi connectivity index (χ1v) is 8.55. The first-order valence-electron chi connectivity index (χ1n) is 8.55. The normalized spacial score (nSPS) is 12.0. The lowest BCUT2D eigenvalue weighted by Gasteiger charge is -2.15. The van der Waals surface area contributed by atoms with E-state index in [1.165, 1.54) is 11.1 Å². The molecule has 3 aromatic rings. The van der Waals surface area contributed by atoms with Crippen LogP contribution in [0, 0.1) is 13.8 Å². The molecule has 2 aromatic carbocycles. The molecule has 0 aliphatic carbocycles. The van der Waals surface area contributed by atoms with Gasteiger partial charge < -0.3 is 15.0 Å². The van der Waals surface area contributed by atoms with Crippen molar-refractivity contribution in [2.75, 3.05) is 6.61 Å². The lowest BCUT2D eigenvalue weighted by Crippen LogP contribution is -2.31. The number of nitrogens with one attached hydrogen (secondary N) is 2. The number of esters is 1. The molecule has 0 saturated carbocycles. The fraction of sp³-hybridized carbons (Fsp3) is 0.238. The minimum atomic E-state index is -0.546. The Morgan fingerprint density at radius 2 is 1.85 bits per heavy atom. The van der Waals surface area contributed by atoms with E-state index in [2.05, 4.69) is 16.4 Å². The van der Waals surface area contributed by atoms with E-state index in [4.69, 9.17) is 4.74 Å². The molecule has 1 atom stereocenters. The molecule has 0 fully saturated rings. The van der Waals surface area contributed by atoms with Crippen LogP contribution in [0.1, 0.15) is 40.1 Å². The van der Waals surface area contributed by atoms with E-state index in [1.54, 1.807) is 6.07 Å². The van der Waals surface area contributed by atoms with E-state index in [9.17, 15) is 9.59 Å². The van der Waals surface area contributed by atoms with Gasteiger partial charge in [-0.15, -0.1) is 0 Å². The third-order valence-electron chi connectivity index (χ3n) is 4.49. The average molecular weight is 350 g/mol. The second kappa shape index (κ2) is 7.44. The molecule has 0 bridgehead atoms. The maximum atomic E-state index is 12.1. The van der Waals surface area contributed by atoms with Crippen molar-refractivity contribution in [2.24, 2.45) is 0 Å². The van der Waals surface area contributed by atoms with Crippen molar-refractivity contribution in [3.8, 4) is 0 Å². The monoisotopic (exact) mass is 350 g/mol. The van der Waals surface area contributed by atoms with E-state index in [-0.39, 0.29) is 18.6 Å². The Kier molecular flexibility index (Phi) is 5.07. The van der Waals surface area contributed by atoms with E-state index in [1.807, 2.05) is 57.2 Å². The quantitative estimate of drug-likeness (QED) is 0.687. The fourth-order valence-corrected chi connectivity index (χ4v) is 2.79. The van der Waals surface area contributed by atoms with E-state index in [0.717, 1.165) is 16.5 Å². The van der Waals surface area contributed by atoms with E-state index < -0.39 is 5.97 Å². The minimum absolute atomic E-state index is 0.159. The Morgan fingerprint density at radius 3 is 2.58 bits per heavy atom. The smallest absolute Gasteiger partial charge is 0.355 e. The van der Waals surface area contributed by atoms with Crippen LogP contribution in [0.25, 0.3) is 10.9 Å². The molecule has 1 heterocycles. The summed E-state index contributed by atoms with van der Waals surface area (Å²) in [5.74, 6) is -0.879. The Balaban J connectivity index is 1.56. The Hall–Kier alpha value is -3.08. The summed E-state index contributed by atoms with van der Waals surface area (Å²) >= 11 is 0. The highest BCUT2D eigenvalue weighted by Crippen LogP contribution is 2.17. The minimum Gasteiger partial charge on any atom is -0.451 e. The molecule has 1 aromatic heterocycles. The summed E-state index contributed by atoms with van der Waals surface area (Å²) in [7, 11) is 0. The molecule has 0 radical (unpaired) electrons. The van der Waals surface area contributed by atoms with Crippen LogP contribution in [0.4, 0.5) is 0 Å². The highest BCUT2D eigenvalue weighted by Gasteiger charge is 2.15. The molecule has 5 heteroatoms. The van der Waals surface area contributed by atoms with Gasteiger partial charge in [-0.1, -0.05) is 36.4 Å². The number of aryl methyl sites for hydroxylation is 2. The van der Waals surface area contributed by atoms with Gasteiger partial charge in [0.1, 0.15) is 5.69 Å². The second-order valence-electron chi connectivity index (χ2n) is 6.48. The predicted molar refractivity (Wildman–Crippen MR) is 101 cm³/mol. The van der Waals surface area contributed by atoms with Gasteiger partial charge in [0.25, 0.3) is 5.91 Å². The lowest BCUT2D eigenvalue weighted by molar-refractivity contribution is -0.124. The van der Waals surface area contributed by atoms with Crippen molar-refractivity contribution >= 4 is 22.8 Å². The standard InChI is InChI=1S/C21H22N2O3/c1-13-8-9-16(10-14(13)2)15(3)22-20(24)12-26-21(25)19-11-17-6-4-5-7-18(17)23-19/h4-11,15,23H,12H2,1-3H3,(H,22,24)/t15-/m0/s1. The number of rotatable bonds is 5. The molecular weight excluding hydrogens is 328 g/mol. The van der Waals surface area contributed by atoms with Gasteiger partial charge in [-0.05, 0) is 49.6 Å². The van der Waals surface area contributed by atoms with Gasteiger partial charge in [0.15, 0.2) is 6.61 Å². The molecule has 0 aliphatic heterocycles. The Labute approximate surface area is 152 Å². The summed E-state index contributed by atoms with van der Waals surface area (Å²) in [6.45, 7) is 5.67. The molecule has 0 saturated heterocycles. The van der Waals surface area contributed by atoms with Gasteiger partial charge in [-0.3, -0.25) is 4.79 Å². The van der Waals surface area contributed by atoms with Crippen molar-refractivity contribution in [3.05, 3.63) is 70.9 Å². The first kappa shape index (κ1) is 17.7. The number of carbonyl (C=O) groups is 2. The molecule has 5 nitrogen and oxygen atoms in total. The van der Waals surface area contributed by atoms with Gasteiger partial charge in [-0.2, -0.15) is 0 Å². The van der Waals surface area contributed by atoms with Gasteiger partial charge >= 0.3 is 5.97 Å². The number of aromatic amines is 1. The molecular formula is C21H22N2O3. The van der Waals surface area contributed by atoms with Crippen LogP contribution in [0.5, 0.6) is 0 Å². The van der Waals surface area contributed by atoms with Gasteiger partial charge in [0.05, 0.1) is 6.04 Å². The van der Waals surface area contributed by atoms with E-state index >= 15 is 0 Å². The molecule has 1 amide bonds. The molecule has 0 spiro atoms. The zero-order valence-electron chi connectivity index (χ0n) is 15.1. The number of ether oxygens (including phenoxy) is 1. The number of benzene rings is 2. The zero-order valence-corrected chi connectivity index (χ0v) is 15.1. The highest BCUT2D eigenvalue weighted by molar-refractivity contribution is 5.95. The average Bonchev–Trinajstić information content (AvgIpc) is 3.06. The fourth-order valence-electron chi connectivity index (χ4n) is 2.79. The predicted octanol–water partition coefficient (Wildman–Crippen LogP) is 3.82. The molecule has 0 unspecified atom stereocenters. The van der Waals surface area contributed by atoms with Gasteiger partial charge in [0.2, 0.25) is 0 Å². The number of hydrogen-bond donors (Lipinski definition) is 2. The number of para-hydroxylation sites is 1. The molecule has 26 heavy (non-hydrogen) atoms. The van der Waals surface area contributed by atoms with Crippen molar-refractivity contribution in [1.29, 1.82) is 0 Å². The van der Waals surface area contributed by atoms with Crippen molar-refractivity contribution in [2.45, 2.75) is 26.8 Å². The number of amides is 1. The highest BCUT2D eigenvalue weighted by atomic mass is 16.5. The third kappa shape index (κ3) is 3.94. The molecule has 3 rings (SSSR count). The van der Waals surface area contributed by atoms with Crippen LogP contribution in [0.3, 0.4) is 0 Å². The first-order chi connectivity index (χ1) is 12.4. The van der Waals surface area contributed by atoms with Gasteiger partial charge in [0, 0.05) is 10.9 Å². The van der Waals surface area contributed by atoms with Crippen LogP contribution in [0.15, 0.2) is 48.5 Å². The maximum Gasteiger partial charge on any atom is 0.355 e.